The molecule has 0 bridgehead atoms. The molecule has 3 rings (SSSR count). The Morgan fingerprint density at radius 3 is 2.83 bits per heavy atom. The summed E-state index contributed by atoms with van der Waals surface area (Å²) in [6.07, 6.45) is 1.78. The van der Waals surface area contributed by atoms with E-state index in [0.29, 0.717) is 0 Å². The van der Waals surface area contributed by atoms with E-state index in [9.17, 15) is 4.79 Å². The quantitative estimate of drug-likeness (QED) is 0.862. The van der Waals surface area contributed by atoms with E-state index in [1.807, 2.05) is 36.1 Å². The minimum atomic E-state index is 0.120. The summed E-state index contributed by atoms with van der Waals surface area (Å²) < 4.78 is 0. The number of carbonyl (C=O) groups is 1. The predicted octanol–water partition coefficient (Wildman–Crippen LogP) is 3.31. The van der Waals surface area contributed by atoms with Crippen molar-refractivity contribution in [2.24, 2.45) is 5.73 Å². The van der Waals surface area contributed by atoms with Crippen LogP contribution < -0.4 is 5.73 Å². The van der Waals surface area contributed by atoms with Crippen LogP contribution in [0.5, 0.6) is 0 Å². The maximum atomic E-state index is 12.8. The van der Waals surface area contributed by atoms with E-state index in [1.54, 1.807) is 23.1 Å². The molecule has 1 aliphatic rings. The molecule has 1 aromatic heterocycles. The van der Waals surface area contributed by atoms with Crippen molar-refractivity contribution in [3.05, 3.63) is 45.9 Å². The zero-order valence-electron chi connectivity index (χ0n) is 13.2. The molecule has 0 unspecified atom stereocenters. The van der Waals surface area contributed by atoms with Gasteiger partial charge in [-0.3, -0.25) is 4.79 Å². The molecule has 1 fully saturated rings. The maximum Gasteiger partial charge on any atom is 0.254 e. The topological polar surface area (TPSA) is 59.2 Å². The Morgan fingerprint density at radius 2 is 2.13 bits per heavy atom. The molecule has 4 nitrogen and oxygen atoms in total. The highest BCUT2D eigenvalue weighted by Gasteiger charge is 2.23. The fourth-order valence-corrected chi connectivity index (χ4v) is 4.32. The van der Waals surface area contributed by atoms with Crippen LogP contribution in [0.25, 0.3) is 0 Å². The molecular weight excluding hydrogens is 326 g/mol. The van der Waals surface area contributed by atoms with Gasteiger partial charge in [0.15, 0.2) is 0 Å². The van der Waals surface area contributed by atoms with Crippen LogP contribution in [0.15, 0.2) is 34.5 Å². The number of thioether (sulfide) groups is 1. The summed E-state index contributed by atoms with van der Waals surface area (Å²) in [6.45, 7) is 3.52. The first-order valence-electron chi connectivity index (χ1n) is 7.81. The van der Waals surface area contributed by atoms with Gasteiger partial charge in [0.25, 0.3) is 5.91 Å². The van der Waals surface area contributed by atoms with E-state index in [2.05, 4.69) is 10.4 Å². The molecule has 0 spiro atoms. The van der Waals surface area contributed by atoms with Crippen molar-refractivity contribution < 1.29 is 4.79 Å². The van der Waals surface area contributed by atoms with Gasteiger partial charge < -0.3 is 10.6 Å². The maximum absolute atomic E-state index is 12.8. The monoisotopic (exact) mass is 347 g/mol. The summed E-state index contributed by atoms with van der Waals surface area (Å²) in [5, 5.41) is 3.16. The van der Waals surface area contributed by atoms with E-state index in [-0.39, 0.29) is 11.9 Å². The zero-order chi connectivity index (χ0) is 16.2. The van der Waals surface area contributed by atoms with E-state index in [1.165, 1.54) is 0 Å². The predicted molar refractivity (Wildman–Crippen MR) is 96.0 cm³/mol. The van der Waals surface area contributed by atoms with Gasteiger partial charge in [-0.05, 0) is 31.9 Å². The number of thiazole rings is 1. The summed E-state index contributed by atoms with van der Waals surface area (Å²) in [7, 11) is 0. The molecule has 1 aliphatic heterocycles. The third-order valence-corrected chi connectivity index (χ3v) is 5.92. The number of carbonyl (C=O) groups excluding carboxylic acids is 1. The van der Waals surface area contributed by atoms with Crippen LogP contribution >= 0.6 is 23.1 Å². The van der Waals surface area contributed by atoms with Crippen molar-refractivity contribution in [2.45, 2.75) is 36.5 Å². The van der Waals surface area contributed by atoms with Gasteiger partial charge >= 0.3 is 0 Å². The highest BCUT2D eigenvalue weighted by Crippen LogP contribution is 2.28. The number of aromatic nitrogens is 1. The molecule has 0 atom stereocenters. The van der Waals surface area contributed by atoms with Crippen molar-refractivity contribution in [3.8, 4) is 0 Å². The van der Waals surface area contributed by atoms with Gasteiger partial charge in [0.05, 0.1) is 16.3 Å². The summed E-state index contributed by atoms with van der Waals surface area (Å²) in [4.78, 5) is 20.2. The van der Waals surface area contributed by atoms with Crippen LogP contribution in [0.2, 0.25) is 0 Å². The summed E-state index contributed by atoms with van der Waals surface area (Å²) in [6, 6.07) is 8.09. The number of amides is 1. The van der Waals surface area contributed by atoms with Gasteiger partial charge in [-0.15, -0.1) is 23.1 Å². The van der Waals surface area contributed by atoms with Gasteiger partial charge in [-0.1, -0.05) is 12.1 Å². The first-order chi connectivity index (χ1) is 11.1. The van der Waals surface area contributed by atoms with Gasteiger partial charge in [0, 0.05) is 35.2 Å². The van der Waals surface area contributed by atoms with E-state index < -0.39 is 0 Å². The lowest BCUT2D eigenvalue weighted by Crippen LogP contribution is -2.43. The molecule has 2 N–H and O–H groups in total. The Balaban J connectivity index is 1.71. The van der Waals surface area contributed by atoms with Crippen LogP contribution in [0.1, 0.15) is 33.9 Å². The molecule has 6 heteroatoms. The molecular formula is C17H21N3OS2. The number of hydrogen-bond acceptors (Lipinski definition) is 5. The minimum absolute atomic E-state index is 0.120. The number of benzene rings is 1. The number of nitrogens with zero attached hydrogens (tertiary/aromatic N) is 2. The Morgan fingerprint density at radius 1 is 1.39 bits per heavy atom. The van der Waals surface area contributed by atoms with Gasteiger partial charge in [0.2, 0.25) is 0 Å². The fraction of sp³-hybridized carbons (Fsp3) is 0.412. The standard InChI is InChI=1S/C17H21N3OS2/c1-12-19-14(10-22-12)11-23-16-5-3-2-4-15(16)17(21)20-8-6-13(18)7-9-20/h2-5,10,13H,6-9,11,18H2,1H3. The van der Waals surface area contributed by atoms with Gasteiger partial charge in [-0.2, -0.15) is 0 Å². The molecule has 1 amide bonds. The van der Waals surface area contributed by atoms with Crippen LogP contribution in [-0.4, -0.2) is 34.9 Å². The molecule has 0 saturated carbocycles. The van der Waals surface area contributed by atoms with Crippen molar-refractivity contribution in [1.29, 1.82) is 0 Å². The number of rotatable bonds is 4. The SMILES string of the molecule is Cc1nc(CSc2ccccc2C(=O)N2CCC(N)CC2)cs1. The summed E-state index contributed by atoms with van der Waals surface area (Å²) >= 11 is 3.34. The second-order valence-electron chi connectivity index (χ2n) is 5.77. The third-order valence-electron chi connectivity index (χ3n) is 3.99. The molecule has 1 aromatic carbocycles. The number of piperidine rings is 1. The lowest BCUT2D eigenvalue weighted by atomic mass is 10.0. The Kier molecular flexibility index (Phi) is 5.35. The molecule has 23 heavy (non-hydrogen) atoms. The lowest BCUT2D eigenvalue weighted by molar-refractivity contribution is 0.0711. The van der Waals surface area contributed by atoms with Crippen LogP contribution in [0.4, 0.5) is 0 Å². The van der Waals surface area contributed by atoms with E-state index in [4.69, 9.17) is 5.73 Å². The highest BCUT2D eigenvalue weighted by molar-refractivity contribution is 7.98. The molecule has 0 radical (unpaired) electrons. The van der Waals surface area contributed by atoms with Gasteiger partial charge in [-0.25, -0.2) is 4.98 Å². The number of hydrogen-bond donors (Lipinski definition) is 1. The molecule has 122 valence electrons. The largest absolute Gasteiger partial charge is 0.338 e. The Bertz CT molecular complexity index is 678. The second-order valence-corrected chi connectivity index (χ2v) is 7.85. The first-order valence-corrected chi connectivity index (χ1v) is 9.67. The van der Waals surface area contributed by atoms with E-state index >= 15 is 0 Å². The van der Waals surface area contributed by atoms with Crippen molar-refractivity contribution in [3.63, 3.8) is 0 Å². The fourth-order valence-electron chi connectivity index (χ4n) is 2.67. The minimum Gasteiger partial charge on any atom is -0.338 e. The van der Waals surface area contributed by atoms with Crippen LogP contribution in [0.3, 0.4) is 0 Å². The third kappa shape index (κ3) is 4.13. The normalized spacial score (nSPS) is 15.8. The average molecular weight is 348 g/mol. The highest BCUT2D eigenvalue weighted by atomic mass is 32.2. The zero-order valence-corrected chi connectivity index (χ0v) is 14.8. The molecule has 2 aromatic rings. The van der Waals surface area contributed by atoms with Crippen LogP contribution in [-0.2, 0) is 5.75 Å². The van der Waals surface area contributed by atoms with Crippen molar-refractivity contribution in [1.82, 2.24) is 9.88 Å². The van der Waals surface area contributed by atoms with Gasteiger partial charge in [0.1, 0.15) is 0 Å². The number of nitrogens with two attached hydrogens (primary N) is 1. The smallest absolute Gasteiger partial charge is 0.254 e. The number of likely N-dealkylation sites (tertiary alicyclic amines) is 1. The van der Waals surface area contributed by atoms with E-state index in [0.717, 1.165) is 52.8 Å². The van der Waals surface area contributed by atoms with Crippen molar-refractivity contribution >= 4 is 29.0 Å². The van der Waals surface area contributed by atoms with Crippen molar-refractivity contribution in [2.75, 3.05) is 13.1 Å². The Labute approximate surface area is 145 Å². The average Bonchev–Trinajstić information content (AvgIpc) is 2.99. The van der Waals surface area contributed by atoms with Crippen LogP contribution in [0, 0.1) is 6.92 Å². The first kappa shape index (κ1) is 16.5. The molecule has 1 saturated heterocycles. The summed E-state index contributed by atoms with van der Waals surface area (Å²) in [5.41, 5.74) is 7.80. The Hall–Kier alpha value is -1.37. The number of aryl methyl sites for hydroxylation is 1. The summed E-state index contributed by atoms with van der Waals surface area (Å²) in [5.74, 6) is 0.911. The second kappa shape index (κ2) is 7.47. The lowest BCUT2D eigenvalue weighted by Gasteiger charge is -2.30. The molecule has 0 aliphatic carbocycles. The molecule has 2 heterocycles.